The molecule has 2 N–H and O–H groups in total. The van der Waals surface area contributed by atoms with E-state index < -0.39 is 5.60 Å². The largest absolute Gasteiger partial charge is 0.444 e. The number of likely N-dealkylation sites (N-methyl/N-ethyl adjacent to an activating group) is 1. The standard InChI is InChI=1S/C19H38N4O4/c1-6-23(18(24)27-19(2,3)4)12-11-22-17(20-5)21-10-8-13-25-15-16-9-7-14-26-16/h16H,6-15H2,1-5H3,(H2,20,21,22). The van der Waals surface area contributed by atoms with Gasteiger partial charge in [0.15, 0.2) is 5.96 Å². The Morgan fingerprint density at radius 1 is 1.30 bits per heavy atom. The van der Waals surface area contributed by atoms with E-state index in [1.165, 1.54) is 0 Å². The maximum Gasteiger partial charge on any atom is 0.410 e. The van der Waals surface area contributed by atoms with Gasteiger partial charge in [-0.3, -0.25) is 4.99 Å². The molecule has 8 nitrogen and oxygen atoms in total. The summed E-state index contributed by atoms with van der Waals surface area (Å²) in [4.78, 5) is 18.0. The van der Waals surface area contributed by atoms with Crippen LogP contribution in [0.2, 0.25) is 0 Å². The van der Waals surface area contributed by atoms with Crippen LogP contribution in [0.15, 0.2) is 4.99 Å². The molecule has 1 amide bonds. The zero-order valence-electron chi connectivity index (χ0n) is 17.7. The molecule has 1 atom stereocenters. The van der Waals surface area contributed by atoms with Crippen LogP contribution in [0, 0.1) is 0 Å². The number of carbonyl (C=O) groups excluding carboxylic acids is 1. The summed E-state index contributed by atoms with van der Waals surface area (Å²) in [6, 6.07) is 0. The van der Waals surface area contributed by atoms with E-state index in [-0.39, 0.29) is 12.2 Å². The summed E-state index contributed by atoms with van der Waals surface area (Å²) in [7, 11) is 1.73. The Labute approximate surface area is 164 Å². The van der Waals surface area contributed by atoms with Crippen LogP contribution in [0.4, 0.5) is 4.79 Å². The monoisotopic (exact) mass is 386 g/mol. The summed E-state index contributed by atoms with van der Waals surface area (Å²) in [5, 5.41) is 6.47. The van der Waals surface area contributed by atoms with Crippen LogP contribution in [0.25, 0.3) is 0 Å². The molecule has 1 unspecified atom stereocenters. The summed E-state index contributed by atoms with van der Waals surface area (Å²) in [6.07, 6.45) is 3.12. The molecular weight excluding hydrogens is 348 g/mol. The summed E-state index contributed by atoms with van der Waals surface area (Å²) >= 11 is 0. The molecule has 0 radical (unpaired) electrons. The van der Waals surface area contributed by atoms with Crippen molar-refractivity contribution in [2.24, 2.45) is 4.99 Å². The Hall–Kier alpha value is -1.54. The first-order valence-corrected chi connectivity index (χ1v) is 9.97. The van der Waals surface area contributed by atoms with E-state index in [4.69, 9.17) is 14.2 Å². The molecule has 0 saturated carbocycles. The first-order chi connectivity index (χ1) is 12.9. The van der Waals surface area contributed by atoms with E-state index in [2.05, 4.69) is 15.6 Å². The summed E-state index contributed by atoms with van der Waals surface area (Å²) in [6.45, 7) is 12.3. The highest BCUT2D eigenvalue weighted by Crippen LogP contribution is 2.12. The van der Waals surface area contributed by atoms with Gasteiger partial charge in [0, 0.05) is 46.4 Å². The second-order valence-corrected chi connectivity index (χ2v) is 7.55. The molecule has 27 heavy (non-hydrogen) atoms. The molecule has 0 aromatic heterocycles. The molecule has 0 aliphatic carbocycles. The maximum atomic E-state index is 12.1. The van der Waals surface area contributed by atoms with Gasteiger partial charge in [-0.05, 0) is 47.0 Å². The summed E-state index contributed by atoms with van der Waals surface area (Å²) < 4.78 is 16.6. The lowest BCUT2D eigenvalue weighted by atomic mass is 10.2. The van der Waals surface area contributed by atoms with Crippen molar-refractivity contribution in [2.45, 2.75) is 58.7 Å². The van der Waals surface area contributed by atoms with Crippen molar-refractivity contribution in [1.29, 1.82) is 0 Å². The second-order valence-electron chi connectivity index (χ2n) is 7.55. The van der Waals surface area contributed by atoms with Crippen LogP contribution in [-0.4, -0.2) is 81.7 Å². The number of aliphatic imine (C=N–C) groups is 1. The molecule has 0 aromatic rings. The number of carbonyl (C=O) groups is 1. The number of nitrogens with zero attached hydrogens (tertiary/aromatic N) is 2. The molecule has 0 bridgehead atoms. The quantitative estimate of drug-likeness (QED) is 0.339. The number of ether oxygens (including phenoxy) is 3. The van der Waals surface area contributed by atoms with Gasteiger partial charge in [0.2, 0.25) is 0 Å². The fraction of sp³-hybridized carbons (Fsp3) is 0.895. The third-order valence-electron chi connectivity index (χ3n) is 4.02. The van der Waals surface area contributed by atoms with E-state index in [0.717, 1.165) is 38.4 Å². The van der Waals surface area contributed by atoms with Gasteiger partial charge in [0.05, 0.1) is 12.7 Å². The van der Waals surface area contributed by atoms with Gasteiger partial charge in [-0.25, -0.2) is 4.79 Å². The molecule has 158 valence electrons. The zero-order valence-corrected chi connectivity index (χ0v) is 17.7. The van der Waals surface area contributed by atoms with Gasteiger partial charge < -0.3 is 29.7 Å². The average molecular weight is 387 g/mol. The SMILES string of the molecule is CCN(CCNC(=NC)NCCCOCC1CCCO1)C(=O)OC(C)(C)C. The first kappa shape index (κ1) is 23.5. The third-order valence-corrected chi connectivity index (χ3v) is 4.02. The lowest BCUT2D eigenvalue weighted by Gasteiger charge is -2.26. The predicted octanol–water partition coefficient (Wildman–Crippen LogP) is 1.99. The van der Waals surface area contributed by atoms with Crippen molar-refractivity contribution >= 4 is 12.1 Å². The van der Waals surface area contributed by atoms with E-state index in [0.29, 0.717) is 32.8 Å². The fourth-order valence-corrected chi connectivity index (χ4v) is 2.61. The molecular formula is C19H38N4O4. The minimum Gasteiger partial charge on any atom is -0.444 e. The average Bonchev–Trinajstić information content (AvgIpc) is 3.11. The van der Waals surface area contributed by atoms with Crippen LogP contribution in [0.5, 0.6) is 0 Å². The highest BCUT2D eigenvalue weighted by atomic mass is 16.6. The van der Waals surface area contributed by atoms with Gasteiger partial charge in [0.25, 0.3) is 0 Å². The Morgan fingerprint density at radius 3 is 2.63 bits per heavy atom. The molecule has 0 spiro atoms. The lowest BCUT2D eigenvalue weighted by Crippen LogP contribution is -2.44. The van der Waals surface area contributed by atoms with Gasteiger partial charge in [0.1, 0.15) is 5.60 Å². The zero-order chi connectivity index (χ0) is 20.1. The van der Waals surface area contributed by atoms with Crippen molar-refractivity contribution in [3.63, 3.8) is 0 Å². The molecule has 1 rings (SSSR count). The van der Waals surface area contributed by atoms with Gasteiger partial charge in [-0.1, -0.05) is 0 Å². The van der Waals surface area contributed by atoms with Crippen molar-refractivity contribution in [3.8, 4) is 0 Å². The van der Waals surface area contributed by atoms with Gasteiger partial charge in [-0.15, -0.1) is 0 Å². The Balaban J connectivity index is 2.12. The van der Waals surface area contributed by atoms with Crippen LogP contribution in [-0.2, 0) is 14.2 Å². The molecule has 0 aromatic carbocycles. The normalized spacial score (nSPS) is 17.7. The van der Waals surface area contributed by atoms with E-state index >= 15 is 0 Å². The summed E-state index contributed by atoms with van der Waals surface area (Å²) in [5.41, 5.74) is -0.485. The van der Waals surface area contributed by atoms with Crippen LogP contribution in [0.3, 0.4) is 0 Å². The maximum absolute atomic E-state index is 12.1. The van der Waals surface area contributed by atoms with Crippen molar-refractivity contribution in [3.05, 3.63) is 0 Å². The molecule has 8 heteroatoms. The fourth-order valence-electron chi connectivity index (χ4n) is 2.61. The lowest BCUT2D eigenvalue weighted by molar-refractivity contribution is 0.0168. The van der Waals surface area contributed by atoms with Crippen LogP contribution >= 0.6 is 0 Å². The highest BCUT2D eigenvalue weighted by Gasteiger charge is 2.20. The number of nitrogens with one attached hydrogen (secondary N) is 2. The molecule has 1 aliphatic rings. The van der Waals surface area contributed by atoms with Crippen LogP contribution in [0.1, 0.15) is 47.0 Å². The molecule has 1 heterocycles. The van der Waals surface area contributed by atoms with Crippen molar-refractivity contribution in [2.75, 3.05) is 53.0 Å². The van der Waals surface area contributed by atoms with E-state index in [1.807, 2.05) is 27.7 Å². The van der Waals surface area contributed by atoms with Crippen molar-refractivity contribution < 1.29 is 19.0 Å². The number of amides is 1. The smallest absolute Gasteiger partial charge is 0.410 e. The second kappa shape index (κ2) is 12.8. The van der Waals surface area contributed by atoms with E-state index in [9.17, 15) is 4.79 Å². The van der Waals surface area contributed by atoms with Gasteiger partial charge >= 0.3 is 6.09 Å². The predicted molar refractivity (Wildman–Crippen MR) is 107 cm³/mol. The van der Waals surface area contributed by atoms with Crippen LogP contribution < -0.4 is 10.6 Å². The molecule has 1 fully saturated rings. The van der Waals surface area contributed by atoms with Gasteiger partial charge in [-0.2, -0.15) is 0 Å². The third kappa shape index (κ3) is 11.0. The number of rotatable bonds is 10. The number of guanidine groups is 1. The first-order valence-electron chi connectivity index (χ1n) is 9.97. The number of hydrogen-bond donors (Lipinski definition) is 2. The minimum atomic E-state index is -0.485. The Bertz CT molecular complexity index is 445. The molecule has 1 aliphatic heterocycles. The Kier molecular flexibility index (Phi) is 11.1. The number of hydrogen-bond acceptors (Lipinski definition) is 5. The minimum absolute atomic E-state index is 0.277. The topological polar surface area (TPSA) is 84.4 Å². The highest BCUT2D eigenvalue weighted by molar-refractivity contribution is 5.79. The van der Waals surface area contributed by atoms with E-state index in [1.54, 1.807) is 11.9 Å². The summed E-state index contributed by atoms with van der Waals surface area (Å²) in [5.74, 6) is 0.717. The molecule has 1 saturated heterocycles. The van der Waals surface area contributed by atoms with Crippen molar-refractivity contribution in [1.82, 2.24) is 15.5 Å². The Morgan fingerprint density at radius 2 is 2.04 bits per heavy atom.